The van der Waals surface area contributed by atoms with Gasteiger partial charge < -0.3 is 0 Å². The molecule has 0 aliphatic carbocycles. The number of thiol groups is 1. The van der Waals surface area contributed by atoms with E-state index in [4.69, 9.17) is 23.2 Å². The van der Waals surface area contributed by atoms with Gasteiger partial charge in [-0.1, -0.05) is 53.5 Å². The number of hydrogen-bond acceptors (Lipinski definition) is 2. The fraction of sp³-hybridized carbons (Fsp3) is 0.200. The van der Waals surface area contributed by atoms with Crippen LogP contribution in [-0.2, 0) is 0 Å². The van der Waals surface area contributed by atoms with E-state index in [2.05, 4.69) is 36.9 Å². The molecule has 0 heterocycles. The quantitative estimate of drug-likeness (QED) is 0.534. The molecular weight excluding hydrogens is 315 g/mol. The van der Waals surface area contributed by atoms with Crippen molar-refractivity contribution in [2.24, 2.45) is 0 Å². The molecule has 0 saturated heterocycles. The van der Waals surface area contributed by atoms with E-state index >= 15 is 0 Å². The van der Waals surface area contributed by atoms with Crippen LogP contribution in [0, 0.1) is 0 Å². The van der Waals surface area contributed by atoms with Crippen LogP contribution in [0.1, 0.15) is 11.5 Å². The number of rotatable bonds is 5. The van der Waals surface area contributed by atoms with E-state index in [-0.39, 0.29) is 0 Å². The molecule has 0 N–H and O–H groups in total. The monoisotopic (exact) mass is 328 g/mol. The summed E-state index contributed by atoms with van der Waals surface area (Å²) in [5.41, 5.74) is 1.32. The largest absolute Gasteiger partial charge is 0.179 e. The minimum absolute atomic E-state index is 0.434. The molecule has 0 bridgehead atoms. The average molecular weight is 329 g/mol. The molecule has 19 heavy (non-hydrogen) atoms. The smallest absolute Gasteiger partial charge is 0.0603 e. The molecule has 2 aromatic carbocycles. The normalized spacial score (nSPS) is 12.4. The molecule has 100 valence electrons. The molecule has 0 radical (unpaired) electrons. The van der Waals surface area contributed by atoms with E-state index < -0.39 is 0 Å². The Morgan fingerprint density at radius 1 is 1.00 bits per heavy atom. The first kappa shape index (κ1) is 15.1. The maximum atomic E-state index is 6.02. The minimum Gasteiger partial charge on any atom is -0.179 e. The second kappa shape index (κ2) is 7.49. The second-order valence-electron chi connectivity index (χ2n) is 4.18. The standard InChI is InChI=1S/C15H14Cl2S2/c16-14-7-6-13(8-15(14)17)19-10-12(9-18)11-4-2-1-3-5-11/h1-8,12,18H,9-10H2. The lowest BCUT2D eigenvalue weighted by atomic mass is 10.0. The molecule has 2 aromatic rings. The van der Waals surface area contributed by atoms with Crippen molar-refractivity contribution in [1.29, 1.82) is 0 Å². The third-order valence-corrected chi connectivity index (χ3v) is 5.17. The molecule has 0 aliphatic rings. The van der Waals surface area contributed by atoms with Crippen LogP contribution in [0.4, 0.5) is 0 Å². The van der Waals surface area contributed by atoms with Crippen LogP contribution in [0.25, 0.3) is 0 Å². The zero-order valence-electron chi connectivity index (χ0n) is 10.2. The van der Waals surface area contributed by atoms with Gasteiger partial charge in [0.05, 0.1) is 10.0 Å². The molecule has 0 saturated carbocycles. The lowest BCUT2D eigenvalue weighted by Gasteiger charge is -2.14. The van der Waals surface area contributed by atoms with Crippen LogP contribution >= 0.6 is 47.6 Å². The van der Waals surface area contributed by atoms with Crippen LogP contribution < -0.4 is 0 Å². The Kier molecular flexibility index (Phi) is 5.96. The Hall–Kier alpha value is -0.280. The highest BCUT2D eigenvalue weighted by Crippen LogP contribution is 2.31. The lowest BCUT2D eigenvalue weighted by Crippen LogP contribution is -2.03. The summed E-state index contributed by atoms with van der Waals surface area (Å²) < 4.78 is 0. The van der Waals surface area contributed by atoms with Gasteiger partial charge in [-0.3, -0.25) is 0 Å². The SMILES string of the molecule is SCC(CSc1ccc(Cl)c(Cl)c1)c1ccccc1. The molecule has 0 fully saturated rings. The third kappa shape index (κ3) is 4.35. The van der Waals surface area contributed by atoms with Gasteiger partial charge in [0.15, 0.2) is 0 Å². The topological polar surface area (TPSA) is 0 Å². The predicted molar refractivity (Wildman–Crippen MR) is 90.2 cm³/mol. The summed E-state index contributed by atoms with van der Waals surface area (Å²) >= 11 is 18.2. The Morgan fingerprint density at radius 3 is 2.37 bits per heavy atom. The first-order valence-electron chi connectivity index (χ1n) is 5.94. The molecule has 0 spiro atoms. The maximum Gasteiger partial charge on any atom is 0.0603 e. The summed E-state index contributed by atoms with van der Waals surface area (Å²) in [4.78, 5) is 1.14. The van der Waals surface area contributed by atoms with E-state index in [9.17, 15) is 0 Å². The summed E-state index contributed by atoms with van der Waals surface area (Å²) in [6, 6.07) is 16.2. The van der Waals surface area contributed by atoms with E-state index in [0.717, 1.165) is 16.4 Å². The first-order chi connectivity index (χ1) is 9.20. The molecule has 4 heteroatoms. The van der Waals surface area contributed by atoms with Gasteiger partial charge >= 0.3 is 0 Å². The van der Waals surface area contributed by atoms with E-state index in [1.165, 1.54) is 5.56 Å². The number of halogens is 2. The van der Waals surface area contributed by atoms with Crippen LogP contribution in [-0.4, -0.2) is 11.5 Å². The van der Waals surface area contributed by atoms with Crippen LogP contribution in [0.3, 0.4) is 0 Å². The first-order valence-corrected chi connectivity index (χ1v) is 8.31. The van der Waals surface area contributed by atoms with Crippen molar-refractivity contribution in [2.75, 3.05) is 11.5 Å². The van der Waals surface area contributed by atoms with Crippen molar-refractivity contribution in [1.82, 2.24) is 0 Å². The van der Waals surface area contributed by atoms with Crippen molar-refractivity contribution < 1.29 is 0 Å². The molecule has 0 aromatic heterocycles. The Bertz CT molecular complexity index is 529. The Morgan fingerprint density at radius 2 is 1.74 bits per heavy atom. The molecule has 1 unspecified atom stereocenters. The van der Waals surface area contributed by atoms with Crippen molar-refractivity contribution in [3.05, 3.63) is 64.1 Å². The molecule has 0 amide bonds. The Balaban J connectivity index is 2.02. The van der Waals surface area contributed by atoms with Gasteiger partial charge in [0, 0.05) is 16.6 Å². The van der Waals surface area contributed by atoms with Crippen molar-refractivity contribution in [2.45, 2.75) is 10.8 Å². The van der Waals surface area contributed by atoms with Crippen molar-refractivity contribution in [3.8, 4) is 0 Å². The predicted octanol–water partition coefficient (Wildman–Crippen LogP) is 5.80. The summed E-state index contributed by atoms with van der Waals surface area (Å²) in [5.74, 6) is 2.24. The maximum absolute atomic E-state index is 6.02. The fourth-order valence-corrected chi connectivity index (χ4v) is 3.69. The van der Waals surface area contributed by atoms with Crippen molar-refractivity contribution >= 4 is 47.6 Å². The summed E-state index contributed by atoms with van der Waals surface area (Å²) in [6.45, 7) is 0. The van der Waals surface area contributed by atoms with Crippen LogP contribution in [0.5, 0.6) is 0 Å². The molecule has 0 aliphatic heterocycles. The highest BCUT2D eigenvalue weighted by Gasteiger charge is 2.10. The zero-order valence-corrected chi connectivity index (χ0v) is 13.4. The van der Waals surface area contributed by atoms with Crippen molar-refractivity contribution in [3.63, 3.8) is 0 Å². The highest BCUT2D eigenvalue weighted by molar-refractivity contribution is 7.99. The number of benzene rings is 2. The van der Waals surface area contributed by atoms with E-state index in [1.54, 1.807) is 11.8 Å². The Labute approximate surface area is 133 Å². The van der Waals surface area contributed by atoms with E-state index in [1.807, 2.05) is 24.3 Å². The molecule has 2 rings (SSSR count). The van der Waals surface area contributed by atoms with Crippen LogP contribution in [0.2, 0.25) is 10.0 Å². The van der Waals surface area contributed by atoms with Crippen LogP contribution in [0.15, 0.2) is 53.4 Å². The van der Waals surface area contributed by atoms with Gasteiger partial charge in [-0.25, -0.2) is 0 Å². The zero-order chi connectivity index (χ0) is 13.7. The fourth-order valence-electron chi connectivity index (χ4n) is 1.74. The van der Waals surface area contributed by atoms with E-state index in [0.29, 0.717) is 16.0 Å². The number of thioether (sulfide) groups is 1. The van der Waals surface area contributed by atoms with Gasteiger partial charge in [0.25, 0.3) is 0 Å². The van der Waals surface area contributed by atoms with Gasteiger partial charge in [-0.2, -0.15) is 12.6 Å². The lowest BCUT2D eigenvalue weighted by molar-refractivity contribution is 0.898. The molecule has 1 atom stereocenters. The summed E-state index contributed by atoms with van der Waals surface area (Å²) in [6.07, 6.45) is 0. The highest BCUT2D eigenvalue weighted by atomic mass is 35.5. The minimum atomic E-state index is 0.434. The average Bonchev–Trinajstić information content (AvgIpc) is 2.44. The molecular formula is C15H14Cl2S2. The summed E-state index contributed by atoms with van der Waals surface area (Å²) in [5, 5.41) is 1.20. The second-order valence-corrected chi connectivity index (χ2v) is 6.45. The third-order valence-electron chi connectivity index (χ3n) is 2.83. The van der Waals surface area contributed by atoms with Gasteiger partial charge in [-0.15, -0.1) is 11.8 Å². The molecule has 0 nitrogen and oxygen atoms in total. The summed E-state index contributed by atoms with van der Waals surface area (Å²) in [7, 11) is 0. The van der Waals surface area contributed by atoms with Gasteiger partial charge in [0.1, 0.15) is 0 Å². The van der Waals surface area contributed by atoms with Gasteiger partial charge in [-0.05, 0) is 29.5 Å². The van der Waals surface area contributed by atoms with Gasteiger partial charge in [0.2, 0.25) is 0 Å². The number of hydrogen-bond donors (Lipinski definition) is 1.